The van der Waals surface area contributed by atoms with E-state index in [4.69, 9.17) is 16.3 Å². The van der Waals surface area contributed by atoms with Crippen LogP contribution in [-0.4, -0.2) is 15.6 Å². The second-order valence-electron chi connectivity index (χ2n) is 5.99. The summed E-state index contributed by atoms with van der Waals surface area (Å²) in [7, 11) is 0. The molecule has 4 rings (SSSR count). The van der Waals surface area contributed by atoms with Gasteiger partial charge in [0.25, 0.3) is 0 Å². The summed E-state index contributed by atoms with van der Waals surface area (Å²) in [6, 6.07) is 18.6. The van der Waals surface area contributed by atoms with E-state index >= 15 is 0 Å². The van der Waals surface area contributed by atoms with Gasteiger partial charge in [0.2, 0.25) is 0 Å². The van der Waals surface area contributed by atoms with Crippen molar-refractivity contribution >= 4 is 39.4 Å². The van der Waals surface area contributed by atoms with Gasteiger partial charge in [-0.1, -0.05) is 29.8 Å². The largest absolute Gasteiger partial charge is 0.478 e. The molecule has 1 heterocycles. The zero-order chi connectivity index (χ0) is 18.3. The van der Waals surface area contributed by atoms with Gasteiger partial charge in [0, 0.05) is 33.4 Å². The highest BCUT2D eigenvalue weighted by molar-refractivity contribution is 6.31. The highest BCUT2D eigenvalue weighted by Crippen LogP contribution is 2.34. The van der Waals surface area contributed by atoms with Crippen LogP contribution in [0.25, 0.3) is 21.8 Å². The average Bonchev–Trinajstić information content (AvgIpc) is 2.96. The first-order valence-electron chi connectivity index (χ1n) is 8.30. The summed E-state index contributed by atoms with van der Waals surface area (Å²) in [5.74, 6) is -0.229. The van der Waals surface area contributed by atoms with Crippen LogP contribution >= 0.6 is 11.6 Å². The number of carbonyl (C=O) groups is 1. The Balaban J connectivity index is 1.84. The molecule has 26 heavy (non-hydrogen) atoms. The molecule has 0 radical (unpaired) electrons. The summed E-state index contributed by atoms with van der Waals surface area (Å²) in [5.41, 5.74) is 2.32. The fourth-order valence-electron chi connectivity index (χ4n) is 3.32. The average molecular weight is 366 g/mol. The molecular weight excluding hydrogens is 350 g/mol. The number of aromatic nitrogens is 1. The predicted molar refractivity (Wildman–Crippen MR) is 104 cm³/mol. The molecule has 1 aromatic heterocycles. The van der Waals surface area contributed by atoms with Crippen molar-refractivity contribution in [3.8, 4) is 11.5 Å². The van der Waals surface area contributed by atoms with Crippen molar-refractivity contribution in [2.24, 2.45) is 0 Å². The summed E-state index contributed by atoms with van der Waals surface area (Å²) < 4.78 is 8.13. The lowest BCUT2D eigenvalue weighted by atomic mass is 10.1. The fraction of sp³-hybridized carbons (Fsp3) is 0.0952. The van der Waals surface area contributed by atoms with Gasteiger partial charge in [-0.05, 0) is 49.4 Å². The molecule has 130 valence electrons. The highest BCUT2D eigenvalue weighted by Gasteiger charge is 2.14. The molecule has 0 aliphatic carbocycles. The summed E-state index contributed by atoms with van der Waals surface area (Å²) >= 11 is 5.90. The van der Waals surface area contributed by atoms with Crippen LogP contribution in [0.2, 0.25) is 5.02 Å². The van der Waals surface area contributed by atoms with E-state index in [2.05, 4.69) is 23.6 Å². The zero-order valence-corrected chi connectivity index (χ0v) is 14.8. The van der Waals surface area contributed by atoms with Gasteiger partial charge < -0.3 is 14.4 Å². The number of carboxylic acids is 1. The maximum atomic E-state index is 11.5. The SMILES string of the molecule is CCn1c2ccccc2c2cc(Oc3ccc(Cl)cc3C(=O)O)ccc21. The van der Waals surface area contributed by atoms with Crippen molar-refractivity contribution in [2.45, 2.75) is 13.5 Å². The summed E-state index contributed by atoms with van der Waals surface area (Å²) in [6.07, 6.45) is 0. The van der Waals surface area contributed by atoms with Gasteiger partial charge in [-0.2, -0.15) is 0 Å². The lowest BCUT2D eigenvalue weighted by Gasteiger charge is -2.10. The molecular formula is C21H16ClNO3. The first-order chi connectivity index (χ1) is 12.6. The quantitative estimate of drug-likeness (QED) is 0.485. The summed E-state index contributed by atoms with van der Waals surface area (Å²) in [6.45, 7) is 2.98. The smallest absolute Gasteiger partial charge is 0.339 e. The molecule has 1 N–H and O–H groups in total. The highest BCUT2D eigenvalue weighted by atomic mass is 35.5. The predicted octanol–water partition coefficient (Wildman–Crippen LogP) is 5.96. The molecule has 0 saturated carbocycles. The number of hydrogen-bond donors (Lipinski definition) is 1. The van der Waals surface area contributed by atoms with Crippen LogP contribution in [0.3, 0.4) is 0 Å². The molecule has 4 nitrogen and oxygen atoms in total. The number of fused-ring (bicyclic) bond motifs is 3. The van der Waals surface area contributed by atoms with Crippen molar-refractivity contribution in [1.29, 1.82) is 0 Å². The van der Waals surface area contributed by atoms with E-state index in [1.807, 2.05) is 30.3 Å². The Morgan fingerprint density at radius 3 is 2.58 bits per heavy atom. The van der Waals surface area contributed by atoms with Gasteiger partial charge in [-0.15, -0.1) is 0 Å². The molecule has 0 saturated heterocycles. The van der Waals surface area contributed by atoms with Crippen molar-refractivity contribution in [2.75, 3.05) is 0 Å². The van der Waals surface area contributed by atoms with E-state index in [0.717, 1.165) is 22.8 Å². The van der Waals surface area contributed by atoms with E-state index in [1.165, 1.54) is 11.6 Å². The Morgan fingerprint density at radius 2 is 1.81 bits per heavy atom. The standard InChI is InChI=1S/C21H16ClNO3/c1-2-23-18-6-4-3-5-15(18)16-12-14(8-9-19(16)23)26-20-10-7-13(22)11-17(20)21(24)25/h3-12H,2H2,1H3,(H,24,25). The number of ether oxygens (including phenoxy) is 1. The summed E-state index contributed by atoms with van der Waals surface area (Å²) in [5, 5.41) is 11.9. The van der Waals surface area contributed by atoms with Crippen LogP contribution in [0.5, 0.6) is 11.5 Å². The van der Waals surface area contributed by atoms with E-state index in [-0.39, 0.29) is 11.3 Å². The molecule has 0 atom stereocenters. The zero-order valence-electron chi connectivity index (χ0n) is 14.1. The Hall–Kier alpha value is -2.98. The van der Waals surface area contributed by atoms with E-state index in [9.17, 15) is 9.90 Å². The third-order valence-corrected chi connectivity index (χ3v) is 4.69. The number of carboxylic acid groups (broad SMARTS) is 1. The number of rotatable bonds is 4. The molecule has 0 amide bonds. The Labute approximate surface area is 155 Å². The maximum absolute atomic E-state index is 11.5. The number of hydrogen-bond acceptors (Lipinski definition) is 2. The second kappa shape index (κ2) is 6.39. The molecule has 0 unspecified atom stereocenters. The van der Waals surface area contributed by atoms with Crippen molar-refractivity contribution in [1.82, 2.24) is 4.57 Å². The van der Waals surface area contributed by atoms with Gasteiger partial charge in [-0.25, -0.2) is 4.79 Å². The van der Waals surface area contributed by atoms with Crippen LogP contribution in [0.1, 0.15) is 17.3 Å². The lowest BCUT2D eigenvalue weighted by Crippen LogP contribution is -2.00. The van der Waals surface area contributed by atoms with Crippen molar-refractivity contribution in [3.05, 3.63) is 71.2 Å². The topological polar surface area (TPSA) is 51.5 Å². The molecule has 0 aliphatic heterocycles. The number of aromatic carboxylic acids is 1. The minimum absolute atomic E-state index is 0.0357. The molecule has 3 aromatic carbocycles. The van der Waals surface area contributed by atoms with E-state index in [0.29, 0.717) is 10.8 Å². The fourth-order valence-corrected chi connectivity index (χ4v) is 3.49. The summed E-state index contributed by atoms with van der Waals surface area (Å²) in [4.78, 5) is 11.5. The van der Waals surface area contributed by atoms with Crippen LogP contribution in [0.15, 0.2) is 60.7 Å². The Bertz CT molecular complexity index is 1150. The first kappa shape index (κ1) is 16.5. The number of nitrogens with zero attached hydrogens (tertiary/aromatic N) is 1. The molecule has 4 aromatic rings. The molecule has 0 bridgehead atoms. The number of benzene rings is 3. The minimum Gasteiger partial charge on any atom is -0.478 e. The Morgan fingerprint density at radius 1 is 1.04 bits per heavy atom. The monoisotopic (exact) mass is 365 g/mol. The molecule has 0 spiro atoms. The van der Waals surface area contributed by atoms with Crippen LogP contribution in [0, 0.1) is 0 Å². The minimum atomic E-state index is -1.08. The van der Waals surface area contributed by atoms with Gasteiger partial charge in [-0.3, -0.25) is 0 Å². The van der Waals surface area contributed by atoms with Gasteiger partial charge >= 0.3 is 5.97 Å². The van der Waals surface area contributed by atoms with Crippen LogP contribution < -0.4 is 4.74 Å². The number of para-hydroxylation sites is 1. The molecule has 0 fully saturated rings. The molecule has 5 heteroatoms. The van der Waals surface area contributed by atoms with Crippen LogP contribution in [-0.2, 0) is 6.54 Å². The van der Waals surface area contributed by atoms with E-state index < -0.39 is 5.97 Å². The lowest BCUT2D eigenvalue weighted by molar-refractivity contribution is 0.0694. The van der Waals surface area contributed by atoms with Gasteiger partial charge in [0.1, 0.15) is 17.1 Å². The normalized spacial score (nSPS) is 11.2. The van der Waals surface area contributed by atoms with Gasteiger partial charge in [0.05, 0.1) is 0 Å². The molecule has 0 aliphatic rings. The number of halogens is 1. The Kier molecular flexibility index (Phi) is 4.05. The second-order valence-corrected chi connectivity index (χ2v) is 6.42. The first-order valence-corrected chi connectivity index (χ1v) is 8.68. The van der Waals surface area contributed by atoms with E-state index in [1.54, 1.807) is 12.1 Å². The third kappa shape index (κ3) is 2.68. The number of aryl methyl sites for hydroxylation is 1. The van der Waals surface area contributed by atoms with Gasteiger partial charge in [0.15, 0.2) is 0 Å². The maximum Gasteiger partial charge on any atom is 0.339 e. The van der Waals surface area contributed by atoms with Crippen molar-refractivity contribution in [3.63, 3.8) is 0 Å². The van der Waals surface area contributed by atoms with Crippen molar-refractivity contribution < 1.29 is 14.6 Å². The van der Waals surface area contributed by atoms with Crippen LogP contribution in [0.4, 0.5) is 0 Å². The third-order valence-electron chi connectivity index (χ3n) is 4.46.